The Hall–Kier alpha value is -1.82. The molecule has 0 aliphatic carbocycles. The lowest BCUT2D eigenvalue weighted by atomic mass is 10.3. The summed E-state index contributed by atoms with van der Waals surface area (Å²) in [5.74, 6) is -0.342. The molecule has 1 N–H and O–H groups in total. The molecule has 0 fully saturated rings. The minimum absolute atomic E-state index is 0.0147. The van der Waals surface area contributed by atoms with Crippen LogP contribution in [0.5, 0.6) is 5.75 Å². The highest BCUT2D eigenvalue weighted by Gasteiger charge is 2.16. The van der Waals surface area contributed by atoms with E-state index in [1.165, 1.54) is 18.2 Å². The smallest absolute Gasteiger partial charge is 0.311 e. The lowest BCUT2D eigenvalue weighted by Gasteiger charge is -2.07. The third kappa shape index (κ3) is 4.21. The zero-order chi connectivity index (χ0) is 13.5. The summed E-state index contributed by atoms with van der Waals surface area (Å²) in [6.07, 6.45) is 0.809. The van der Waals surface area contributed by atoms with E-state index in [-0.39, 0.29) is 24.0 Å². The number of carbonyl (C=O) groups is 1. The molecular formula is C11H13ClN2O4. The number of rotatable bonds is 6. The molecule has 0 aliphatic rings. The van der Waals surface area contributed by atoms with Gasteiger partial charge in [0.2, 0.25) is 0 Å². The molecule has 0 bridgehead atoms. The highest BCUT2D eigenvalue weighted by molar-refractivity contribution is 6.30. The Morgan fingerprint density at radius 2 is 2.28 bits per heavy atom. The van der Waals surface area contributed by atoms with Gasteiger partial charge in [0.1, 0.15) is 0 Å². The Morgan fingerprint density at radius 3 is 2.89 bits per heavy atom. The second-order valence-corrected chi connectivity index (χ2v) is 3.94. The van der Waals surface area contributed by atoms with Crippen LogP contribution in [0.25, 0.3) is 0 Å². The van der Waals surface area contributed by atoms with Gasteiger partial charge in [-0.2, -0.15) is 0 Å². The topological polar surface area (TPSA) is 81.5 Å². The average Bonchev–Trinajstić information content (AvgIpc) is 2.33. The maximum atomic E-state index is 11.3. The van der Waals surface area contributed by atoms with Gasteiger partial charge in [-0.1, -0.05) is 18.5 Å². The number of nitro groups is 1. The van der Waals surface area contributed by atoms with Gasteiger partial charge < -0.3 is 10.1 Å². The first kappa shape index (κ1) is 14.2. The standard InChI is InChI=1S/C11H13ClN2O4/c1-2-5-13-11(15)7-18-10-6-8(12)3-4-9(10)14(16)17/h3-4,6H,2,5,7H2,1H3,(H,13,15). The average molecular weight is 273 g/mol. The fraction of sp³-hybridized carbons (Fsp3) is 0.364. The van der Waals surface area contributed by atoms with Gasteiger partial charge in [-0.05, 0) is 12.5 Å². The van der Waals surface area contributed by atoms with Crippen LogP contribution < -0.4 is 10.1 Å². The van der Waals surface area contributed by atoms with Crippen LogP contribution in [0, 0.1) is 10.1 Å². The molecule has 6 nitrogen and oxygen atoms in total. The molecule has 0 saturated carbocycles. The molecule has 0 unspecified atom stereocenters. The summed E-state index contributed by atoms with van der Waals surface area (Å²) in [6, 6.07) is 3.94. The first-order valence-corrected chi connectivity index (χ1v) is 5.75. The van der Waals surface area contributed by atoms with E-state index >= 15 is 0 Å². The Kier molecular flexibility index (Phi) is 5.38. The van der Waals surface area contributed by atoms with Crippen LogP contribution in [0.2, 0.25) is 5.02 Å². The van der Waals surface area contributed by atoms with Crippen molar-refractivity contribution in [3.8, 4) is 5.75 Å². The highest BCUT2D eigenvalue weighted by Crippen LogP contribution is 2.29. The van der Waals surface area contributed by atoms with E-state index in [4.69, 9.17) is 16.3 Å². The molecule has 18 heavy (non-hydrogen) atoms. The monoisotopic (exact) mass is 272 g/mol. The van der Waals surface area contributed by atoms with Gasteiger partial charge in [-0.15, -0.1) is 0 Å². The van der Waals surface area contributed by atoms with E-state index in [9.17, 15) is 14.9 Å². The molecule has 0 aliphatic heterocycles. The molecule has 0 aromatic heterocycles. The van der Waals surface area contributed by atoms with Gasteiger partial charge in [-0.25, -0.2) is 0 Å². The third-order valence-electron chi connectivity index (χ3n) is 2.05. The number of nitro benzene ring substituents is 1. The molecule has 0 atom stereocenters. The van der Waals surface area contributed by atoms with Crippen molar-refractivity contribution in [2.24, 2.45) is 0 Å². The van der Waals surface area contributed by atoms with Gasteiger partial charge in [-0.3, -0.25) is 14.9 Å². The predicted molar refractivity (Wildman–Crippen MR) is 66.9 cm³/mol. The SMILES string of the molecule is CCCNC(=O)COc1cc(Cl)ccc1[N+](=O)[O-]. The van der Waals surface area contributed by atoms with E-state index in [0.29, 0.717) is 11.6 Å². The molecule has 98 valence electrons. The second kappa shape index (κ2) is 6.80. The quantitative estimate of drug-likeness (QED) is 0.635. The number of amides is 1. The molecule has 0 spiro atoms. The van der Waals surface area contributed by atoms with Crippen molar-refractivity contribution in [2.75, 3.05) is 13.2 Å². The maximum absolute atomic E-state index is 11.3. The van der Waals surface area contributed by atoms with Crippen molar-refractivity contribution in [3.63, 3.8) is 0 Å². The highest BCUT2D eigenvalue weighted by atomic mass is 35.5. The Labute approximate surface area is 109 Å². The van der Waals surface area contributed by atoms with E-state index in [0.717, 1.165) is 6.42 Å². The first-order valence-electron chi connectivity index (χ1n) is 5.38. The zero-order valence-electron chi connectivity index (χ0n) is 9.81. The molecule has 0 heterocycles. The molecule has 0 radical (unpaired) electrons. The molecule has 1 aromatic carbocycles. The fourth-order valence-corrected chi connectivity index (χ4v) is 1.38. The van der Waals surface area contributed by atoms with E-state index < -0.39 is 4.92 Å². The zero-order valence-corrected chi connectivity index (χ0v) is 10.6. The van der Waals surface area contributed by atoms with Crippen molar-refractivity contribution < 1.29 is 14.5 Å². The Morgan fingerprint density at radius 1 is 1.56 bits per heavy atom. The molecule has 7 heteroatoms. The van der Waals surface area contributed by atoms with Crippen molar-refractivity contribution in [1.82, 2.24) is 5.32 Å². The van der Waals surface area contributed by atoms with Gasteiger partial charge >= 0.3 is 5.69 Å². The molecule has 0 saturated heterocycles. The minimum atomic E-state index is -0.588. The largest absolute Gasteiger partial charge is 0.477 e. The van der Waals surface area contributed by atoms with E-state index in [1.54, 1.807) is 0 Å². The van der Waals surface area contributed by atoms with E-state index in [1.807, 2.05) is 6.92 Å². The van der Waals surface area contributed by atoms with Crippen LogP contribution in [-0.2, 0) is 4.79 Å². The summed E-state index contributed by atoms with van der Waals surface area (Å²) in [5, 5.41) is 13.6. The van der Waals surface area contributed by atoms with Crippen LogP contribution in [0.4, 0.5) is 5.69 Å². The summed E-state index contributed by atoms with van der Waals surface area (Å²) < 4.78 is 5.10. The maximum Gasteiger partial charge on any atom is 0.311 e. The van der Waals surface area contributed by atoms with Crippen molar-refractivity contribution in [2.45, 2.75) is 13.3 Å². The summed E-state index contributed by atoms with van der Waals surface area (Å²) in [4.78, 5) is 21.4. The number of benzene rings is 1. The lowest BCUT2D eigenvalue weighted by molar-refractivity contribution is -0.385. The number of ether oxygens (including phenoxy) is 1. The molecule has 1 amide bonds. The van der Waals surface area contributed by atoms with E-state index in [2.05, 4.69) is 5.32 Å². The Bertz CT molecular complexity index is 451. The molecular weight excluding hydrogens is 260 g/mol. The number of carbonyl (C=O) groups excluding carboxylic acids is 1. The van der Waals surface area contributed by atoms with Crippen molar-refractivity contribution >= 4 is 23.2 Å². The fourth-order valence-electron chi connectivity index (χ4n) is 1.21. The van der Waals surface area contributed by atoms with Gasteiger partial charge in [0.15, 0.2) is 12.4 Å². The summed E-state index contributed by atoms with van der Waals surface area (Å²) in [6.45, 7) is 2.18. The number of halogens is 1. The first-order chi connectivity index (χ1) is 8.54. The number of nitrogens with one attached hydrogen (secondary N) is 1. The van der Waals surface area contributed by atoms with Crippen LogP contribution in [0.3, 0.4) is 0 Å². The van der Waals surface area contributed by atoms with Gasteiger partial charge in [0.25, 0.3) is 5.91 Å². The normalized spacial score (nSPS) is 9.89. The Balaban J connectivity index is 2.68. The van der Waals surface area contributed by atoms with Crippen LogP contribution >= 0.6 is 11.6 Å². The minimum Gasteiger partial charge on any atom is -0.477 e. The third-order valence-corrected chi connectivity index (χ3v) is 2.28. The second-order valence-electron chi connectivity index (χ2n) is 3.51. The predicted octanol–water partition coefficient (Wildman–Crippen LogP) is 2.15. The summed E-state index contributed by atoms with van der Waals surface area (Å²) in [5.41, 5.74) is -0.220. The number of hydrogen-bond acceptors (Lipinski definition) is 4. The molecule has 1 aromatic rings. The van der Waals surface area contributed by atoms with Crippen LogP contribution in [0.1, 0.15) is 13.3 Å². The summed E-state index contributed by atoms with van der Waals surface area (Å²) >= 11 is 5.72. The summed E-state index contributed by atoms with van der Waals surface area (Å²) in [7, 11) is 0. The van der Waals surface area contributed by atoms with Crippen molar-refractivity contribution in [1.29, 1.82) is 0 Å². The van der Waals surface area contributed by atoms with Crippen molar-refractivity contribution in [3.05, 3.63) is 33.3 Å². The number of hydrogen-bond donors (Lipinski definition) is 1. The van der Waals surface area contributed by atoms with Gasteiger partial charge in [0, 0.05) is 23.7 Å². The lowest BCUT2D eigenvalue weighted by Crippen LogP contribution is -2.29. The van der Waals surface area contributed by atoms with Gasteiger partial charge in [0.05, 0.1) is 4.92 Å². The van der Waals surface area contributed by atoms with Crippen LogP contribution in [0.15, 0.2) is 18.2 Å². The number of nitrogens with zero attached hydrogens (tertiary/aromatic N) is 1. The molecule has 1 rings (SSSR count). The van der Waals surface area contributed by atoms with Crippen LogP contribution in [-0.4, -0.2) is 24.0 Å².